The van der Waals surface area contributed by atoms with Gasteiger partial charge in [0.15, 0.2) is 0 Å². The second kappa shape index (κ2) is 9.03. The molecule has 0 spiro atoms. The Morgan fingerprint density at radius 2 is 1.67 bits per heavy atom. The summed E-state index contributed by atoms with van der Waals surface area (Å²) < 4.78 is 0. The Bertz CT molecular complexity index is 611. The van der Waals surface area contributed by atoms with Gasteiger partial charge in [-0.3, -0.25) is 0 Å². The Morgan fingerprint density at radius 3 is 2.42 bits per heavy atom. The van der Waals surface area contributed by atoms with E-state index in [0.29, 0.717) is 0 Å². The molecule has 0 amide bonds. The summed E-state index contributed by atoms with van der Waals surface area (Å²) in [5, 5.41) is 0. The number of benzene rings is 2. The number of aryl methyl sites for hydroxylation is 1. The van der Waals surface area contributed by atoms with Gasteiger partial charge in [0.05, 0.1) is 0 Å². The van der Waals surface area contributed by atoms with Gasteiger partial charge in [-0.25, -0.2) is 0 Å². The Morgan fingerprint density at radius 1 is 0.875 bits per heavy atom. The molecule has 3 rings (SSSR count). The molecule has 0 radical (unpaired) electrons. The first-order chi connectivity index (χ1) is 11.9. The second-order valence-electron chi connectivity index (χ2n) is 7.11. The molecule has 1 aliphatic heterocycles. The molecule has 2 aromatic rings. The molecule has 24 heavy (non-hydrogen) atoms. The summed E-state index contributed by atoms with van der Waals surface area (Å²) in [4.78, 5) is 2.64. The van der Waals surface area contributed by atoms with Crippen molar-refractivity contribution in [3.8, 4) is 11.1 Å². The van der Waals surface area contributed by atoms with Crippen LogP contribution in [0.15, 0.2) is 48.5 Å². The van der Waals surface area contributed by atoms with Crippen molar-refractivity contribution in [2.75, 3.05) is 19.6 Å². The number of likely N-dealkylation sites (tertiary alicyclic amines) is 1. The highest BCUT2D eigenvalue weighted by atomic mass is 15.1. The minimum Gasteiger partial charge on any atom is -0.303 e. The van der Waals surface area contributed by atoms with Crippen molar-refractivity contribution in [2.45, 2.75) is 51.9 Å². The smallest absolute Gasteiger partial charge is 0.00220 e. The maximum Gasteiger partial charge on any atom is 0.00220 e. The van der Waals surface area contributed by atoms with Crippen LogP contribution in [-0.4, -0.2) is 24.5 Å². The summed E-state index contributed by atoms with van der Waals surface area (Å²) in [5.41, 5.74) is 5.80. The molecular weight excluding hydrogens is 290 g/mol. The van der Waals surface area contributed by atoms with Crippen LogP contribution in [0.5, 0.6) is 0 Å². The van der Waals surface area contributed by atoms with Gasteiger partial charge in [-0.05, 0) is 67.4 Å². The van der Waals surface area contributed by atoms with Crippen LogP contribution in [0.25, 0.3) is 11.1 Å². The highest BCUT2D eigenvalue weighted by molar-refractivity contribution is 5.68. The maximum absolute atomic E-state index is 2.64. The van der Waals surface area contributed by atoms with Crippen LogP contribution in [0.3, 0.4) is 0 Å². The lowest BCUT2D eigenvalue weighted by Gasteiger charge is -2.26. The van der Waals surface area contributed by atoms with Crippen molar-refractivity contribution in [1.29, 1.82) is 0 Å². The molecule has 1 aliphatic rings. The third kappa shape index (κ3) is 4.70. The van der Waals surface area contributed by atoms with E-state index in [1.807, 2.05) is 0 Å². The molecule has 0 bridgehead atoms. The van der Waals surface area contributed by atoms with Gasteiger partial charge in [0.1, 0.15) is 0 Å². The molecule has 1 heterocycles. The standard InChI is InChI=1S/C23H31N/c1-2-3-10-20-13-14-22(15-18-24-16-8-5-9-17-24)23(19-20)21-11-6-4-7-12-21/h4,6-7,11-14,19H,2-3,5,8-10,15-18H2,1H3. The van der Waals surface area contributed by atoms with Gasteiger partial charge in [0.25, 0.3) is 0 Å². The van der Waals surface area contributed by atoms with E-state index in [1.165, 1.54) is 80.4 Å². The molecule has 1 heteroatoms. The van der Waals surface area contributed by atoms with Gasteiger partial charge in [-0.15, -0.1) is 0 Å². The zero-order valence-electron chi connectivity index (χ0n) is 15.1. The first-order valence-corrected chi connectivity index (χ1v) is 9.76. The zero-order valence-corrected chi connectivity index (χ0v) is 15.1. The summed E-state index contributed by atoms with van der Waals surface area (Å²) >= 11 is 0. The van der Waals surface area contributed by atoms with Crippen LogP contribution in [0.1, 0.15) is 50.2 Å². The highest BCUT2D eigenvalue weighted by Gasteiger charge is 2.12. The van der Waals surface area contributed by atoms with Gasteiger partial charge in [0.2, 0.25) is 0 Å². The molecule has 1 saturated heterocycles. The SMILES string of the molecule is CCCCc1ccc(CCN2CCCCC2)c(-c2ccccc2)c1. The monoisotopic (exact) mass is 321 g/mol. The molecule has 0 saturated carbocycles. The molecule has 0 aromatic heterocycles. The lowest BCUT2D eigenvalue weighted by molar-refractivity contribution is 0.231. The third-order valence-electron chi connectivity index (χ3n) is 5.22. The van der Waals surface area contributed by atoms with Crippen LogP contribution in [0, 0.1) is 0 Å². The lowest BCUT2D eigenvalue weighted by atomic mass is 9.93. The highest BCUT2D eigenvalue weighted by Crippen LogP contribution is 2.26. The van der Waals surface area contributed by atoms with E-state index in [4.69, 9.17) is 0 Å². The van der Waals surface area contributed by atoms with Crippen LogP contribution < -0.4 is 0 Å². The molecule has 1 nitrogen and oxygen atoms in total. The average molecular weight is 322 g/mol. The molecular formula is C23H31N. The molecule has 128 valence electrons. The van der Waals surface area contributed by atoms with Crippen molar-refractivity contribution < 1.29 is 0 Å². The molecule has 0 atom stereocenters. The number of piperidine rings is 1. The topological polar surface area (TPSA) is 3.24 Å². The minimum atomic E-state index is 1.16. The summed E-state index contributed by atoms with van der Waals surface area (Å²) in [6.45, 7) is 6.05. The first-order valence-electron chi connectivity index (χ1n) is 9.76. The van der Waals surface area contributed by atoms with E-state index in [2.05, 4.69) is 60.4 Å². The van der Waals surface area contributed by atoms with Gasteiger partial charge < -0.3 is 4.90 Å². The normalized spacial score (nSPS) is 15.5. The number of unbranched alkanes of at least 4 members (excludes halogenated alkanes) is 1. The summed E-state index contributed by atoms with van der Waals surface area (Å²) in [5.74, 6) is 0. The van der Waals surface area contributed by atoms with Crippen molar-refractivity contribution in [2.24, 2.45) is 0 Å². The minimum absolute atomic E-state index is 1.16. The fourth-order valence-electron chi connectivity index (χ4n) is 3.73. The van der Waals surface area contributed by atoms with E-state index in [-0.39, 0.29) is 0 Å². The molecule has 0 N–H and O–H groups in total. The Kier molecular flexibility index (Phi) is 6.48. The predicted molar refractivity (Wildman–Crippen MR) is 104 cm³/mol. The lowest BCUT2D eigenvalue weighted by Crippen LogP contribution is -2.31. The Balaban J connectivity index is 1.78. The summed E-state index contributed by atoms with van der Waals surface area (Å²) in [6.07, 6.45) is 9.07. The summed E-state index contributed by atoms with van der Waals surface area (Å²) in [7, 11) is 0. The van der Waals surface area contributed by atoms with E-state index >= 15 is 0 Å². The van der Waals surface area contributed by atoms with Crippen molar-refractivity contribution >= 4 is 0 Å². The Hall–Kier alpha value is -1.60. The van der Waals surface area contributed by atoms with E-state index in [1.54, 1.807) is 0 Å². The number of hydrogen-bond acceptors (Lipinski definition) is 1. The van der Waals surface area contributed by atoms with E-state index in [9.17, 15) is 0 Å². The third-order valence-corrected chi connectivity index (χ3v) is 5.22. The number of hydrogen-bond donors (Lipinski definition) is 0. The fraction of sp³-hybridized carbons (Fsp3) is 0.478. The molecule has 0 unspecified atom stereocenters. The van der Waals surface area contributed by atoms with Crippen LogP contribution in [0.4, 0.5) is 0 Å². The second-order valence-corrected chi connectivity index (χ2v) is 7.11. The maximum atomic E-state index is 2.64. The largest absolute Gasteiger partial charge is 0.303 e. The van der Waals surface area contributed by atoms with Crippen LogP contribution >= 0.6 is 0 Å². The molecule has 0 aliphatic carbocycles. The van der Waals surface area contributed by atoms with Crippen molar-refractivity contribution in [3.05, 3.63) is 59.7 Å². The van der Waals surface area contributed by atoms with Crippen LogP contribution in [-0.2, 0) is 12.8 Å². The molecule has 1 fully saturated rings. The zero-order chi connectivity index (χ0) is 16.6. The van der Waals surface area contributed by atoms with Gasteiger partial charge in [-0.1, -0.05) is 68.3 Å². The average Bonchev–Trinajstić information content (AvgIpc) is 2.66. The predicted octanol–water partition coefficient (Wildman–Crippen LogP) is 5.72. The van der Waals surface area contributed by atoms with Crippen LogP contribution in [0.2, 0.25) is 0 Å². The fourth-order valence-corrected chi connectivity index (χ4v) is 3.73. The van der Waals surface area contributed by atoms with Gasteiger partial charge in [-0.2, -0.15) is 0 Å². The van der Waals surface area contributed by atoms with Crippen molar-refractivity contribution in [1.82, 2.24) is 4.90 Å². The first kappa shape index (κ1) is 17.2. The van der Waals surface area contributed by atoms with E-state index < -0.39 is 0 Å². The summed E-state index contributed by atoms with van der Waals surface area (Å²) in [6, 6.07) is 18.1. The van der Waals surface area contributed by atoms with Gasteiger partial charge in [0, 0.05) is 6.54 Å². The quantitative estimate of drug-likeness (QED) is 0.630. The molecule has 2 aromatic carbocycles. The number of rotatable bonds is 7. The van der Waals surface area contributed by atoms with Crippen molar-refractivity contribution in [3.63, 3.8) is 0 Å². The number of nitrogens with zero attached hydrogens (tertiary/aromatic N) is 1. The van der Waals surface area contributed by atoms with Gasteiger partial charge >= 0.3 is 0 Å². The van der Waals surface area contributed by atoms with E-state index in [0.717, 1.165) is 6.42 Å². The Labute approximate surface area is 147 Å².